The highest BCUT2D eigenvalue weighted by Gasteiger charge is 2.35. The SMILES string of the molecule is COc1ccc(CCn2c(O)c(C(=O)CN3C(=O)/C(=C/c4ccc(Cl)cc4)SC3=S)c(C)c(C#N)c2=O)cc1OC. The van der Waals surface area contributed by atoms with Gasteiger partial charge in [0.2, 0.25) is 5.88 Å². The predicted octanol–water partition coefficient (Wildman–Crippen LogP) is 4.73. The molecule has 0 spiro atoms. The molecule has 1 saturated heterocycles. The first-order chi connectivity index (χ1) is 19.6. The Labute approximate surface area is 250 Å². The van der Waals surface area contributed by atoms with Gasteiger partial charge in [-0.15, -0.1) is 0 Å². The number of halogens is 1. The number of nitriles is 1. The van der Waals surface area contributed by atoms with Gasteiger partial charge in [0.1, 0.15) is 16.0 Å². The van der Waals surface area contributed by atoms with Crippen LogP contribution in [0.1, 0.15) is 32.6 Å². The molecule has 0 unspecified atom stereocenters. The third kappa shape index (κ3) is 6.15. The lowest BCUT2D eigenvalue weighted by Gasteiger charge is -2.18. The summed E-state index contributed by atoms with van der Waals surface area (Å²) < 4.78 is 11.7. The van der Waals surface area contributed by atoms with E-state index in [0.717, 1.165) is 32.4 Å². The van der Waals surface area contributed by atoms with E-state index in [9.17, 15) is 24.8 Å². The van der Waals surface area contributed by atoms with Crippen LogP contribution in [0.2, 0.25) is 5.02 Å². The third-order valence-corrected chi connectivity index (χ3v) is 8.12. The number of thioether (sulfide) groups is 1. The van der Waals surface area contributed by atoms with Gasteiger partial charge in [0.15, 0.2) is 17.3 Å². The predicted molar refractivity (Wildman–Crippen MR) is 161 cm³/mol. The molecule has 210 valence electrons. The number of aromatic hydroxyl groups is 1. The number of pyridine rings is 1. The molecule has 12 heteroatoms. The molecule has 9 nitrogen and oxygen atoms in total. The van der Waals surface area contributed by atoms with Gasteiger partial charge < -0.3 is 14.6 Å². The maximum Gasteiger partial charge on any atom is 0.271 e. The van der Waals surface area contributed by atoms with Crippen molar-refractivity contribution in [2.24, 2.45) is 0 Å². The van der Waals surface area contributed by atoms with Crippen molar-refractivity contribution in [2.75, 3.05) is 20.8 Å². The van der Waals surface area contributed by atoms with Gasteiger partial charge in [-0.3, -0.25) is 23.9 Å². The van der Waals surface area contributed by atoms with E-state index in [-0.39, 0.29) is 34.0 Å². The van der Waals surface area contributed by atoms with Gasteiger partial charge in [-0.1, -0.05) is 53.8 Å². The molecule has 0 atom stereocenters. The third-order valence-electron chi connectivity index (χ3n) is 6.49. The number of ether oxygens (including phenoxy) is 2. The summed E-state index contributed by atoms with van der Waals surface area (Å²) in [6.45, 7) is 0.909. The minimum atomic E-state index is -0.726. The second kappa shape index (κ2) is 12.6. The van der Waals surface area contributed by atoms with Crippen LogP contribution in [0.25, 0.3) is 6.08 Å². The Morgan fingerprint density at radius 2 is 1.83 bits per heavy atom. The molecule has 1 aromatic heterocycles. The van der Waals surface area contributed by atoms with E-state index in [1.165, 1.54) is 21.1 Å². The highest BCUT2D eigenvalue weighted by Crippen LogP contribution is 2.34. The first kappa shape index (κ1) is 29.9. The molecular weight excluding hydrogens is 586 g/mol. The molecule has 3 aromatic rings. The molecule has 0 radical (unpaired) electrons. The zero-order valence-electron chi connectivity index (χ0n) is 22.3. The number of hydrogen-bond donors (Lipinski definition) is 1. The van der Waals surface area contributed by atoms with Crippen LogP contribution in [0.15, 0.2) is 52.2 Å². The molecule has 0 saturated carbocycles. The minimum Gasteiger partial charge on any atom is -0.494 e. The molecule has 4 rings (SSSR count). The molecule has 1 N–H and O–H groups in total. The topological polar surface area (TPSA) is 122 Å². The summed E-state index contributed by atoms with van der Waals surface area (Å²) in [6.07, 6.45) is 1.92. The number of rotatable bonds is 9. The van der Waals surface area contributed by atoms with Crippen LogP contribution < -0.4 is 15.0 Å². The number of carbonyl (C=O) groups is 2. The van der Waals surface area contributed by atoms with Crippen molar-refractivity contribution in [2.45, 2.75) is 19.9 Å². The van der Waals surface area contributed by atoms with Crippen LogP contribution in [0.3, 0.4) is 0 Å². The first-order valence-electron chi connectivity index (χ1n) is 12.2. The Balaban J connectivity index is 1.62. The Morgan fingerprint density at radius 1 is 1.15 bits per heavy atom. The summed E-state index contributed by atoms with van der Waals surface area (Å²) in [6, 6.07) is 13.9. The number of Topliss-reactive ketones (excluding diaryl/α,β-unsaturated/α-hetero) is 1. The van der Waals surface area contributed by atoms with Crippen LogP contribution in [0.5, 0.6) is 17.4 Å². The fourth-order valence-electron chi connectivity index (χ4n) is 4.34. The fraction of sp³-hybridized carbons (Fsp3) is 0.207. The number of aromatic nitrogens is 1. The van der Waals surface area contributed by atoms with Crippen molar-refractivity contribution in [1.82, 2.24) is 9.47 Å². The van der Waals surface area contributed by atoms with E-state index in [2.05, 4.69) is 0 Å². The van der Waals surface area contributed by atoms with E-state index in [0.29, 0.717) is 21.4 Å². The Hall–Kier alpha value is -4.11. The second-order valence-corrected chi connectivity index (χ2v) is 11.1. The number of carbonyl (C=O) groups excluding carboxylic acids is 2. The monoisotopic (exact) mass is 609 g/mol. The summed E-state index contributed by atoms with van der Waals surface area (Å²) in [4.78, 5) is 41.1. The van der Waals surface area contributed by atoms with E-state index >= 15 is 0 Å². The van der Waals surface area contributed by atoms with Crippen molar-refractivity contribution in [3.8, 4) is 23.4 Å². The Morgan fingerprint density at radius 3 is 2.46 bits per heavy atom. The molecule has 1 fully saturated rings. The van der Waals surface area contributed by atoms with E-state index < -0.39 is 29.7 Å². The number of nitrogens with zero attached hydrogens (tertiary/aromatic N) is 3. The zero-order chi connectivity index (χ0) is 29.8. The quantitative estimate of drug-likeness (QED) is 0.208. The largest absolute Gasteiger partial charge is 0.494 e. The molecule has 1 aliphatic rings. The second-order valence-electron chi connectivity index (χ2n) is 8.95. The molecule has 0 aliphatic carbocycles. The standard InChI is InChI=1S/C29H24ClN3O6S2/c1-16-20(14-31)26(35)32(11-10-18-6-9-22(38-2)23(12-18)39-3)28(37)25(16)21(34)15-33-27(36)24(41-29(33)40)13-17-4-7-19(30)8-5-17/h4-9,12-13,37H,10-11,15H2,1-3H3/b24-13-. The van der Waals surface area contributed by atoms with Gasteiger partial charge in [-0.2, -0.15) is 5.26 Å². The number of ketones is 1. The normalized spacial score (nSPS) is 13.9. The highest BCUT2D eigenvalue weighted by molar-refractivity contribution is 8.26. The number of benzene rings is 2. The minimum absolute atomic E-state index is 0.0275. The van der Waals surface area contributed by atoms with E-state index in [1.54, 1.807) is 48.5 Å². The lowest BCUT2D eigenvalue weighted by molar-refractivity contribution is -0.121. The lowest BCUT2D eigenvalue weighted by atomic mass is 10.0. The van der Waals surface area contributed by atoms with E-state index in [1.807, 2.05) is 6.07 Å². The maximum absolute atomic E-state index is 13.5. The fourth-order valence-corrected chi connectivity index (χ4v) is 5.72. The number of amides is 1. The maximum atomic E-state index is 13.5. The summed E-state index contributed by atoms with van der Waals surface area (Å²) >= 11 is 12.3. The van der Waals surface area contributed by atoms with Crippen molar-refractivity contribution in [3.63, 3.8) is 0 Å². The van der Waals surface area contributed by atoms with Gasteiger partial charge in [0, 0.05) is 11.6 Å². The van der Waals surface area contributed by atoms with Crippen molar-refractivity contribution in [1.29, 1.82) is 5.26 Å². The summed E-state index contributed by atoms with van der Waals surface area (Å²) in [5.41, 5.74) is 0.317. The van der Waals surface area contributed by atoms with E-state index in [4.69, 9.17) is 33.3 Å². The average molecular weight is 610 g/mol. The smallest absolute Gasteiger partial charge is 0.271 e. The number of methoxy groups -OCH3 is 2. The van der Waals surface area contributed by atoms with Crippen LogP contribution in [-0.2, 0) is 17.8 Å². The van der Waals surface area contributed by atoms with Gasteiger partial charge in [-0.25, -0.2) is 0 Å². The van der Waals surface area contributed by atoms with Gasteiger partial charge in [0.25, 0.3) is 11.5 Å². The van der Waals surface area contributed by atoms with Crippen LogP contribution in [-0.4, -0.2) is 51.3 Å². The van der Waals surface area contributed by atoms with Crippen molar-refractivity contribution < 1.29 is 24.2 Å². The highest BCUT2D eigenvalue weighted by atomic mass is 35.5. The van der Waals surface area contributed by atoms with Crippen molar-refractivity contribution >= 4 is 57.7 Å². The molecular formula is C29H24ClN3O6S2. The molecule has 2 heterocycles. The lowest BCUT2D eigenvalue weighted by Crippen LogP contribution is -2.35. The Kier molecular flexibility index (Phi) is 9.18. The first-order valence-corrected chi connectivity index (χ1v) is 13.8. The van der Waals surface area contributed by atoms with Gasteiger partial charge >= 0.3 is 0 Å². The van der Waals surface area contributed by atoms with Gasteiger partial charge in [-0.05, 0) is 60.4 Å². The summed E-state index contributed by atoms with van der Waals surface area (Å²) in [5.74, 6) is -0.695. The molecule has 0 bridgehead atoms. The molecule has 2 aromatic carbocycles. The summed E-state index contributed by atoms with van der Waals surface area (Å²) in [7, 11) is 3.02. The Bertz CT molecular complexity index is 1690. The number of hydrogen-bond acceptors (Lipinski definition) is 9. The zero-order valence-corrected chi connectivity index (χ0v) is 24.7. The summed E-state index contributed by atoms with van der Waals surface area (Å²) in [5, 5.41) is 21.4. The van der Waals surface area contributed by atoms with Crippen LogP contribution in [0.4, 0.5) is 0 Å². The number of thiocarbonyl (C=S) groups is 1. The van der Waals surface area contributed by atoms with Crippen LogP contribution in [0, 0.1) is 18.3 Å². The molecule has 1 amide bonds. The van der Waals surface area contributed by atoms with Crippen LogP contribution >= 0.6 is 35.6 Å². The van der Waals surface area contributed by atoms with Gasteiger partial charge in [0.05, 0.1) is 31.2 Å². The van der Waals surface area contributed by atoms with Crippen molar-refractivity contribution in [3.05, 3.63) is 90.6 Å². The molecule has 41 heavy (non-hydrogen) atoms. The average Bonchev–Trinajstić information content (AvgIpc) is 3.21. The molecule has 1 aliphatic heterocycles. The number of aryl methyl sites for hydroxylation is 1.